The van der Waals surface area contributed by atoms with Gasteiger partial charge in [-0.3, -0.25) is 9.59 Å². The lowest BCUT2D eigenvalue weighted by Crippen LogP contribution is -2.51. The lowest BCUT2D eigenvalue weighted by atomic mass is 9.77. The van der Waals surface area contributed by atoms with Gasteiger partial charge in [-0.25, -0.2) is 0 Å². The summed E-state index contributed by atoms with van der Waals surface area (Å²) in [6, 6.07) is 9.51. The average molecular weight is 446 g/mol. The molecule has 0 spiro atoms. The molecule has 1 fully saturated rings. The molecule has 0 aliphatic carbocycles. The maximum atomic E-state index is 13.3. The van der Waals surface area contributed by atoms with Crippen molar-refractivity contribution in [1.29, 1.82) is 0 Å². The van der Waals surface area contributed by atoms with Crippen molar-refractivity contribution < 1.29 is 28.5 Å². The molecule has 7 nitrogen and oxygen atoms in total. The Labute approximate surface area is 185 Å². The minimum atomic E-state index is -0.784. The number of thiophene rings is 1. The molecule has 0 saturated carbocycles. The zero-order valence-electron chi connectivity index (χ0n) is 17.6. The number of piperidine rings is 1. The first kappa shape index (κ1) is 21.5. The van der Waals surface area contributed by atoms with Gasteiger partial charge >= 0.3 is 5.97 Å². The van der Waals surface area contributed by atoms with Crippen LogP contribution in [0.15, 0.2) is 35.7 Å². The summed E-state index contributed by atoms with van der Waals surface area (Å²) in [5.41, 5.74) is -0.784. The fourth-order valence-corrected chi connectivity index (χ4v) is 4.99. The molecule has 8 heteroatoms. The van der Waals surface area contributed by atoms with E-state index in [1.807, 2.05) is 30.3 Å². The Morgan fingerprint density at radius 3 is 2.81 bits per heavy atom. The SMILES string of the molecule is CCOC(=O)C1(CCOc2ccccc2)CCCN(C(=O)c2scc3c2OCCO3)C1. The van der Waals surface area contributed by atoms with Gasteiger partial charge in [-0.2, -0.15) is 0 Å². The molecular formula is C23H27NO6S. The molecule has 1 atom stereocenters. The third-order valence-electron chi connectivity index (χ3n) is 5.66. The monoisotopic (exact) mass is 445 g/mol. The van der Waals surface area contributed by atoms with E-state index in [1.54, 1.807) is 17.2 Å². The van der Waals surface area contributed by atoms with Crippen LogP contribution in [0.4, 0.5) is 0 Å². The molecule has 31 heavy (non-hydrogen) atoms. The molecular weight excluding hydrogens is 418 g/mol. The minimum absolute atomic E-state index is 0.130. The van der Waals surface area contributed by atoms with E-state index in [0.717, 1.165) is 12.2 Å². The number of rotatable bonds is 7. The van der Waals surface area contributed by atoms with Crippen molar-refractivity contribution in [2.45, 2.75) is 26.2 Å². The molecule has 0 N–H and O–H groups in total. The van der Waals surface area contributed by atoms with Crippen LogP contribution in [0, 0.1) is 5.41 Å². The van der Waals surface area contributed by atoms with Gasteiger partial charge in [-0.05, 0) is 38.3 Å². The van der Waals surface area contributed by atoms with E-state index in [0.29, 0.717) is 68.7 Å². The lowest BCUT2D eigenvalue weighted by Gasteiger charge is -2.40. The van der Waals surface area contributed by atoms with Crippen molar-refractivity contribution in [2.75, 3.05) is 39.5 Å². The van der Waals surface area contributed by atoms with Gasteiger partial charge in [0.25, 0.3) is 5.91 Å². The summed E-state index contributed by atoms with van der Waals surface area (Å²) < 4.78 is 22.5. The second-order valence-electron chi connectivity index (χ2n) is 7.70. The number of hydrogen-bond acceptors (Lipinski definition) is 7. The van der Waals surface area contributed by atoms with Gasteiger partial charge in [0.05, 0.1) is 18.6 Å². The molecule has 2 aliphatic heterocycles. The molecule has 4 rings (SSSR count). The standard InChI is InChI=1S/C23H27NO6S/c1-2-27-22(26)23(10-12-28-17-7-4-3-5-8-17)9-6-11-24(16-23)21(25)20-19-18(15-31-20)29-13-14-30-19/h3-5,7-8,15H,2,6,9-14,16H2,1H3. The minimum Gasteiger partial charge on any atom is -0.494 e. The van der Waals surface area contributed by atoms with E-state index in [-0.39, 0.29) is 11.9 Å². The summed E-state index contributed by atoms with van der Waals surface area (Å²) >= 11 is 1.32. The number of likely N-dealkylation sites (tertiary alicyclic amines) is 1. The first-order valence-electron chi connectivity index (χ1n) is 10.6. The Bertz CT molecular complexity index is 914. The first-order chi connectivity index (χ1) is 15.1. The third-order valence-corrected chi connectivity index (χ3v) is 6.59. The number of carbonyl (C=O) groups is 2. The van der Waals surface area contributed by atoms with E-state index < -0.39 is 5.41 Å². The highest BCUT2D eigenvalue weighted by Crippen LogP contribution is 2.42. The van der Waals surface area contributed by atoms with E-state index in [2.05, 4.69) is 0 Å². The van der Waals surface area contributed by atoms with Crippen LogP contribution in [-0.2, 0) is 9.53 Å². The largest absolute Gasteiger partial charge is 0.494 e. The topological polar surface area (TPSA) is 74.3 Å². The zero-order chi connectivity index (χ0) is 21.7. The molecule has 2 aromatic rings. The molecule has 1 aromatic carbocycles. The maximum absolute atomic E-state index is 13.3. The maximum Gasteiger partial charge on any atom is 0.314 e. The summed E-state index contributed by atoms with van der Waals surface area (Å²) in [7, 11) is 0. The molecule has 1 unspecified atom stereocenters. The van der Waals surface area contributed by atoms with Gasteiger partial charge in [-0.15, -0.1) is 11.3 Å². The fraction of sp³-hybridized carbons (Fsp3) is 0.478. The van der Waals surface area contributed by atoms with Crippen LogP contribution in [0.1, 0.15) is 35.9 Å². The van der Waals surface area contributed by atoms with Crippen molar-refractivity contribution >= 4 is 23.2 Å². The first-order valence-corrected chi connectivity index (χ1v) is 11.5. The van der Waals surface area contributed by atoms with Gasteiger partial charge in [0.15, 0.2) is 11.5 Å². The van der Waals surface area contributed by atoms with Gasteiger partial charge in [-0.1, -0.05) is 18.2 Å². The van der Waals surface area contributed by atoms with E-state index >= 15 is 0 Å². The number of hydrogen-bond donors (Lipinski definition) is 0. The molecule has 2 aliphatic rings. The Hall–Kier alpha value is -2.74. The van der Waals surface area contributed by atoms with Crippen molar-refractivity contribution in [2.24, 2.45) is 5.41 Å². The van der Waals surface area contributed by atoms with Crippen molar-refractivity contribution in [1.82, 2.24) is 4.90 Å². The van der Waals surface area contributed by atoms with E-state index in [4.69, 9.17) is 18.9 Å². The van der Waals surface area contributed by atoms with Gasteiger partial charge in [0.1, 0.15) is 23.8 Å². The molecule has 1 aromatic heterocycles. The van der Waals surface area contributed by atoms with Crippen molar-refractivity contribution in [3.63, 3.8) is 0 Å². The number of esters is 1. The predicted molar refractivity (Wildman–Crippen MR) is 116 cm³/mol. The van der Waals surface area contributed by atoms with Crippen LogP contribution in [-0.4, -0.2) is 56.3 Å². The number of para-hydroxylation sites is 1. The molecule has 1 amide bonds. The number of carbonyl (C=O) groups excluding carboxylic acids is 2. The second kappa shape index (κ2) is 9.60. The Balaban J connectivity index is 1.49. The number of benzene rings is 1. The smallest absolute Gasteiger partial charge is 0.314 e. The zero-order valence-corrected chi connectivity index (χ0v) is 18.4. The number of amides is 1. The van der Waals surface area contributed by atoms with E-state index in [9.17, 15) is 9.59 Å². The van der Waals surface area contributed by atoms with Gasteiger partial charge in [0, 0.05) is 18.5 Å². The fourth-order valence-electron chi connectivity index (χ4n) is 4.10. The Morgan fingerprint density at radius 2 is 2.00 bits per heavy atom. The van der Waals surface area contributed by atoms with Crippen LogP contribution in [0.2, 0.25) is 0 Å². The van der Waals surface area contributed by atoms with Crippen LogP contribution < -0.4 is 14.2 Å². The second-order valence-corrected chi connectivity index (χ2v) is 8.58. The Morgan fingerprint density at radius 1 is 1.19 bits per heavy atom. The van der Waals surface area contributed by atoms with Gasteiger partial charge < -0.3 is 23.8 Å². The van der Waals surface area contributed by atoms with E-state index in [1.165, 1.54) is 11.3 Å². The van der Waals surface area contributed by atoms with Crippen LogP contribution in [0.5, 0.6) is 17.2 Å². The lowest BCUT2D eigenvalue weighted by molar-refractivity contribution is -0.159. The quantitative estimate of drug-likeness (QED) is 0.604. The van der Waals surface area contributed by atoms with Crippen LogP contribution in [0.3, 0.4) is 0 Å². The van der Waals surface area contributed by atoms with Gasteiger partial charge in [0.2, 0.25) is 0 Å². The van der Waals surface area contributed by atoms with Crippen LogP contribution in [0.25, 0.3) is 0 Å². The number of ether oxygens (including phenoxy) is 4. The third kappa shape index (κ3) is 4.63. The molecule has 0 radical (unpaired) electrons. The number of nitrogens with zero attached hydrogens (tertiary/aromatic N) is 1. The molecule has 1 saturated heterocycles. The highest BCUT2D eigenvalue weighted by Gasteiger charge is 2.45. The Kier molecular flexibility index (Phi) is 6.65. The summed E-state index contributed by atoms with van der Waals surface area (Å²) in [6.07, 6.45) is 1.86. The normalized spacial score (nSPS) is 20.2. The highest BCUT2D eigenvalue weighted by atomic mass is 32.1. The average Bonchev–Trinajstić information content (AvgIpc) is 3.24. The summed E-state index contributed by atoms with van der Waals surface area (Å²) in [5.74, 6) is 1.49. The number of fused-ring (bicyclic) bond motifs is 1. The van der Waals surface area contributed by atoms with Crippen molar-refractivity contribution in [3.8, 4) is 17.2 Å². The summed E-state index contributed by atoms with van der Waals surface area (Å²) in [4.78, 5) is 28.6. The summed E-state index contributed by atoms with van der Waals surface area (Å²) in [5, 5.41) is 1.80. The predicted octanol–water partition coefficient (Wildman–Crippen LogP) is 3.77. The highest BCUT2D eigenvalue weighted by molar-refractivity contribution is 7.12. The van der Waals surface area contributed by atoms with Crippen LogP contribution >= 0.6 is 11.3 Å². The molecule has 0 bridgehead atoms. The van der Waals surface area contributed by atoms with Crippen molar-refractivity contribution in [3.05, 3.63) is 40.6 Å². The summed E-state index contributed by atoms with van der Waals surface area (Å²) in [6.45, 7) is 4.27. The molecule has 3 heterocycles. The molecule has 166 valence electrons.